The van der Waals surface area contributed by atoms with Crippen molar-refractivity contribution in [1.29, 1.82) is 0 Å². The Bertz CT molecular complexity index is 623. The highest BCUT2D eigenvalue weighted by Gasteiger charge is 2.22. The Balaban J connectivity index is 2.15. The van der Waals surface area contributed by atoms with Crippen molar-refractivity contribution < 1.29 is 13.2 Å². The van der Waals surface area contributed by atoms with Gasteiger partial charge in [0.05, 0.1) is 4.90 Å². The Labute approximate surface area is 118 Å². The molecule has 0 saturated carbocycles. The third-order valence-corrected chi connectivity index (χ3v) is 4.19. The average Bonchev–Trinajstić information content (AvgIpc) is 2.83. The van der Waals surface area contributed by atoms with Crippen molar-refractivity contribution in [2.45, 2.75) is 24.7 Å². The number of amides is 1. The van der Waals surface area contributed by atoms with E-state index in [1.165, 1.54) is 12.1 Å². The van der Waals surface area contributed by atoms with Gasteiger partial charge in [0, 0.05) is 24.4 Å². The van der Waals surface area contributed by atoms with Crippen molar-refractivity contribution in [2.24, 2.45) is 0 Å². The Kier molecular flexibility index (Phi) is 4.10. The normalized spacial score (nSPS) is 15.4. The van der Waals surface area contributed by atoms with Crippen molar-refractivity contribution in [2.75, 3.05) is 11.4 Å². The van der Waals surface area contributed by atoms with Crippen LogP contribution in [0.5, 0.6) is 0 Å². The molecule has 2 N–H and O–H groups in total. The molecule has 0 aromatic heterocycles. The largest absolute Gasteiger partial charge is 0.313 e. The Morgan fingerprint density at radius 2 is 1.95 bits per heavy atom. The zero-order valence-electron chi connectivity index (χ0n) is 11.2. The molecule has 1 amide bonds. The summed E-state index contributed by atoms with van der Waals surface area (Å²) >= 11 is 0. The molecule has 108 valence electrons. The van der Waals surface area contributed by atoms with Crippen LogP contribution in [0.2, 0.25) is 0 Å². The second-order valence-electron chi connectivity index (χ2n) is 4.65. The van der Waals surface area contributed by atoms with Crippen molar-refractivity contribution in [3.63, 3.8) is 0 Å². The van der Waals surface area contributed by atoms with Gasteiger partial charge in [-0.1, -0.05) is 6.58 Å². The summed E-state index contributed by atoms with van der Waals surface area (Å²) < 4.78 is 23.9. The van der Waals surface area contributed by atoms with E-state index in [4.69, 9.17) is 0 Å². The Hall–Kier alpha value is -1.86. The number of nitrogens with one attached hydrogen (secondary N) is 2. The monoisotopic (exact) mass is 295 g/mol. The van der Waals surface area contributed by atoms with Crippen molar-refractivity contribution >= 4 is 21.6 Å². The van der Waals surface area contributed by atoms with Gasteiger partial charge in [-0.25, -0.2) is 8.42 Å². The van der Waals surface area contributed by atoms with Gasteiger partial charge in [-0.3, -0.25) is 4.79 Å². The molecule has 1 heterocycles. The highest BCUT2D eigenvalue weighted by atomic mass is 32.2. The number of hydrazine groups is 1. The lowest BCUT2D eigenvalue weighted by Crippen LogP contribution is -2.35. The topological polar surface area (TPSA) is 78.5 Å². The van der Waals surface area contributed by atoms with Crippen molar-refractivity contribution in [3.05, 3.63) is 36.5 Å². The second kappa shape index (κ2) is 5.64. The number of carbonyl (C=O) groups excluding carboxylic acids is 1. The van der Waals surface area contributed by atoms with Crippen LogP contribution in [-0.4, -0.2) is 20.9 Å². The number of allylic oxidation sites excluding steroid dienone is 1. The summed E-state index contributed by atoms with van der Waals surface area (Å²) in [5.41, 5.74) is 3.68. The van der Waals surface area contributed by atoms with E-state index in [9.17, 15) is 13.2 Å². The summed E-state index contributed by atoms with van der Waals surface area (Å²) in [7, 11) is -3.63. The predicted molar refractivity (Wildman–Crippen MR) is 76.3 cm³/mol. The summed E-state index contributed by atoms with van der Waals surface area (Å²) in [6.07, 6.45) is 1.38. The lowest BCUT2D eigenvalue weighted by atomic mass is 10.3. The lowest BCUT2D eigenvalue weighted by Gasteiger charge is -2.16. The predicted octanol–water partition coefficient (Wildman–Crippen LogP) is 1.13. The van der Waals surface area contributed by atoms with Gasteiger partial charge in [0.15, 0.2) is 0 Å². The van der Waals surface area contributed by atoms with Crippen LogP contribution < -0.4 is 15.2 Å². The molecule has 6 nitrogen and oxygen atoms in total. The Morgan fingerprint density at radius 3 is 2.45 bits per heavy atom. The number of nitrogens with zero attached hydrogens (tertiary/aromatic N) is 1. The maximum atomic E-state index is 11.9. The quantitative estimate of drug-likeness (QED) is 0.798. The molecule has 0 unspecified atom stereocenters. The highest BCUT2D eigenvalue weighted by molar-refractivity contribution is 7.89. The van der Waals surface area contributed by atoms with E-state index in [1.807, 2.05) is 0 Å². The molecule has 0 bridgehead atoms. The summed E-state index contributed by atoms with van der Waals surface area (Å²) in [5, 5.41) is 0. The smallest absolute Gasteiger partial charge is 0.257 e. The number of benzene rings is 1. The number of anilines is 1. The standard InChI is InChI=1S/C13H17N3O3S/c1-10(2)14-15-20(18,19)12-7-5-11(6-8-12)16-9-3-4-13(16)17/h5-8,14-15H,1,3-4,9H2,2H3. The number of carbonyl (C=O) groups is 1. The molecule has 0 aliphatic carbocycles. The molecule has 1 fully saturated rings. The number of hydrogen-bond acceptors (Lipinski definition) is 4. The number of rotatable bonds is 5. The maximum absolute atomic E-state index is 11.9. The van der Waals surface area contributed by atoms with Crippen LogP contribution in [-0.2, 0) is 14.8 Å². The van der Waals surface area contributed by atoms with E-state index in [-0.39, 0.29) is 10.8 Å². The van der Waals surface area contributed by atoms with Crippen LogP contribution in [0.4, 0.5) is 5.69 Å². The minimum Gasteiger partial charge on any atom is -0.313 e. The van der Waals surface area contributed by atoms with Crippen molar-refractivity contribution in [3.8, 4) is 0 Å². The van der Waals surface area contributed by atoms with Crippen molar-refractivity contribution in [1.82, 2.24) is 10.3 Å². The summed E-state index contributed by atoms with van der Waals surface area (Å²) in [5.74, 6) is 0.0719. The van der Waals surface area contributed by atoms with E-state index in [0.717, 1.165) is 12.1 Å². The fraction of sp³-hybridized carbons (Fsp3) is 0.308. The molecule has 7 heteroatoms. The molecule has 1 aliphatic heterocycles. The zero-order chi connectivity index (χ0) is 14.8. The number of hydrogen-bond donors (Lipinski definition) is 2. The Morgan fingerprint density at radius 1 is 1.30 bits per heavy atom. The van der Waals surface area contributed by atoms with Crippen LogP contribution in [0.1, 0.15) is 19.8 Å². The van der Waals surface area contributed by atoms with Crippen LogP contribution in [0.25, 0.3) is 0 Å². The van der Waals surface area contributed by atoms with E-state index < -0.39 is 10.0 Å². The SMILES string of the molecule is C=C(C)NNS(=O)(=O)c1ccc(N2CCCC2=O)cc1. The molecule has 0 radical (unpaired) electrons. The number of sulfonamides is 1. The van der Waals surface area contributed by atoms with Gasteiger partial charge in [-0.2, -0.15) is 0 Å². The molecule has 0 spiro atoms. The molecular formula is C13H17N3O3S. The van der Waals surface area contributed by atoms with Crippen LogP contribution >= 0.6 is 0 Å². The lowest BCUT2D eigenvalue weighted by molar-refractivity contribution is -0.117. The molecule has 20 heavy (non-hydrogen) atoms. The van der Waals surface area contributed by atoms with Gasteiger partial charge in [-0.15, -0.1) is 4.83 Å². The fourth-order valence-electron chi connectivity index (χ4n) is 1.94. The van der Waals surface area contributed by atoms with Crippen LogP contribution in [0.15, 0.2) is 41.4 Å². The molecule has 2 rings (SSSR count). The van der Waals surface area contributed by atoms with Crippen LogP contribution in [0, 0.1) is 0 Å². The molecule has 1 aromatic carbocycles. The summed E-state index contributed by atoms with van der Waals surface area (Å²) in [6.45, 7) is 5.87. The maximum Gasteiger partial charge on any atom is 0.257 e. The minimum atomic E-state index is -3.63. The molecule has 1 aliphatic rings. The summed E-state index contributed by atoms with van der Waals surface area (Å²) in [4.78, 5) is 15.6. The fourth-order valence-corrected chi connectivity index (χ4v) is 2.86. The van der Waals surface area contributed by atoms with Gasteiger partial charge >= 0.3 is 0 Å². The first kappa shape index (κ1) is 14.5. The average molecular weight is 295 g/mol. The zero-order valence-corrected chi connectivity index (χ0v) is 12.0. The first-order valence-electron chi connectivity index (χ1n) is 6.24. The first-order chi connectivity index (χ1) is 9.40. The molecule has 1 aromatic rings. The first-order valence-corrected chi connectivity index (χ1v) is 7.72. The van der Waals surface area contributed by atoms with E-state index in [2.05, 4.69) is 16.8 Å². The third-order valence-electron chi connectivity index (χ3n) is 2.93. The van der Waals surface area contributed by atoms with Gasteiger partial charge in [0.1, 0.15) is 0 Å². The summed E-state index contributed by atoms with van der Waals surface area (Å²) in [6, 6.07) is 6.23. The van der Waals surface area contributed by atoms with Gasteiger partial charge in [0.25, 0.3) is 10.0 Å². The van der Waals surface area contributed by atoms with E-state index in [0.29, 0.717) is 18.7 Å². The minimum absolute atomic E-state index is 0.0719. The van der Waals surface area contributed by atoms with Gasteiger partial charge in [0.2, 0.25) is 5.91 Å². The van der Waals surface area contributed by atoms with Gasteiger partial charge in [-0.05, 0) is 37.6 Å². The second-order valence-corrected chi connectivity index (χ2v) is 6.34. The molecule has 0 atom stereocenters. The highest BCUT2D eigenvalue weighted by Crippen LogP contribution is 2.22. The van der Waals surface area contributed by atoms with Gasteiger partial charge < -0.3 is 10.3 Å². The molecular weight excluding hydrogens is 278 g/mol. The molecule has 1 saturated heterocycles. The van der Waals surface area contributed by atoms with E-state index in [1.54, 1.807) is 24.0 Å². The van der Waals surface area contributed by atoms with Crippen LogP contribution in [0.3, 0.4) is 0 Å². The third kappa shape index (κ3) is 3.17. The van der Waals surface area contributed by atoms with E-state index >= 15 is 0 Å².